The van der Waals surface area contributed by atoms with E-state index in [2.05, 4.69) is 23.1 Å². The van der Waals surface area contributed by atoms with Gasteiger partial charge in [0.2, 0.25) is 0 Å². The van der Waals surface area contributed by atoms with Crippen molar-refractivity contribution in [3.63, 3.8) is 0 Å². The van der Waals surface area contributed by atoms with Crippen LogP contribution in [0.2, 0.25) is 0 Å². The molecule has 18 heteroatoms. The van der Waals surface area contributed by atoms with Gasteiger partial charge in [-0.05, 0) is 131 Å². The highest BCUT2D eigenvalue weighted by Crippen LogP contribution is 2.34. The van der Waals surface area contributed by atoms with E-state index in [9.17, 15) is 51.9 Å². The predicted molar refractivity (Wildman–Crippen MR) is 251 cm³/mol. The maximum absolute atomic E-state index is 12.0. The van der Waals surface area contributed by atoms with Gasteiger partial charge in [0, 0.05) is 44.4 Å². The van der Waals surface area contributed by atoms with Crippen molar-refractivity contribution in [2.45, 2.75) is 33.4 Å². The molecule has 338 valence electrons. The molecule has 4 aromatic carbocycles. The molecule has 1 aliphatic heterocycles. The second-order valence-electron chi connectivity index (χ2n) is 15.2. The predicted octanol–water partition coefficient (Wildman–Crippen LogP) is 7.31. The number of allylic oxidation sites excluding steroid dienone is 8. The van der Waals surface area contributed by atoms with Gasteiger partial charge in [-0.1, -0.05) is 86.0 Å². The summed E-state index contributed by atoms with van der Waals surface area (Å²) in [7, 11) is -18.1. The van der Waals surface area contributed by atoms with Crippen molar-refractivity contribution in [1.82, 2.24) is 9.97 Å². The average Bonchev–Trinajstić information content (AvgIpc) is 3.92. The van der Waals surface area contributed by atoms with E-state index in [1.165, 1.54) is 72.8 Å². The second kappa shape index (κ2) is 17.9. The van der Waals surface area contributed by atoms with Crippen molar-refractivity contribution in [1.29, 1.82) is 0 Å². The van der Waals surface area contributed by atoms with Crippen molar-refractivity contribution in [3.8, 4) is 0 Å². The Hall–Kier alpha value is -6.74. The van der Waals surface area contributed by atoms with Crippen molar-refractivity contribution in [3.05, 3.63) is 225 Å². The number of aromatic amines is 2. The molecule has 4 bridgehead atoms. The molecule has 0 saturated carbocycles. The van der Waals surface area contributed by atoms with Crippen LogP contribution in [-0.4, -0.2) is 61.9 Å². The molecule has 66 heavy (non-hydrogen) atoms. The molecule has 0 spiro atoms. The third-order valence-electron chi connectivity index (χ3n) is 10.7. The van der Waals surface area contributed by atoms with Gasteiger partial charge in [0.15, 0.2) is 0 Å². The van der Waals surface area contributed by atoms with Crippen molar-refractivity contribution >= 4 is 62.8 Å². The number of rotatable bonds is 8. The van der Waals surface area contributed by atoms with E-state index in [1.807, 2.05) is 13.8 Å². The fourth-order valence-corrected chi connectivity index (χ4v) is 9.47. The Kier molecular flexibility index (Phi) is 12.8. The third-order valence-corrected chi connectivity index (χ3v) is 14.2. The molecular formula is C48H40N2O12S4. The lowest BCUT2D eigenvalue weighted by molar-refractivity contribution is 0.481. The molecule has 0 unspecified atom stereocenters. The molecule has 0 saturated heterocycles. The maximum atomic E-state index is 12.0. The lowest BCUT2D eigenvalue weighted by Gasteiger charge is -2.14. The largest absolute Gasteiger partial charge is 0.354 e. The van der Waals surface area contributed by atoms with Crippen molar-refractivity contribution in [2.24, 2.45) is 0 Å². The van der Waals surface area contributed by atoms with Crippen LogP contribution >= 0.6 is 0 Å². The monoisotopic (exact) mass is 964 g/mol. The van der Waals surface area contributed by atoms with Gasteiger partial charge in [-0.3, -0.25) is 18.2 Å². The van der Waals surface area contributed by atoms with Gasteiger partial charge in [-0.2, -0.15) is 33.7 Å². The topological polar surface area (TPSA) is 249 Å². The number of hydrogen-bond donors (Lipinski definition) is 6. The number of H-pyrrole nitrogens is 2. The first-order valence-electron chi connectivity index (χ1n) is 19.5. The fraction of sp³-hybridized carbons (Fsp3) is 0.0417. The molecule has 3 heterocycles. The normalized spacial score (nSPS) is 19.5. The summed E-state index contributed by atoms with van der Waals surface area (Å²) in [6.07, 6.45) is 7.02. The Bertz CT molecular complexity index is 3450. The minimum absolute atomic E-state index is 0.316. The number of nitrogens with one attached hydrogen (secondary N) is 2. The Labute approximate surface area is 381 Å². The van der Waals surface area contributed by atoms with Crippen molar-refractivity contribution in [2.75, 3.05) is 0 Å². The van der Waals surface area contributed by atoms with E-state index >= 15 is 0 Å². The van der Waals surface area contributed by atoms with E-state index in [4.69, 9.17) is 0 Å². The van der Waals surface area contributed by atoms with Gasteiger partial charge in [0.1, 0.15) is 0 Å². The van der Waals surface area contributed by atoms with Gasteiger partial charge < -0.3 is 9.97 Å². The van der Waals surface area contributed by atoms with Crippen LogP contribution in [0.4, 0.5) is 0 Å². The minimum atomic E-state index is -4.53. The third kappa shape index (κ3) is 10.2. The number of fused-ring (bicyclic) bond motifs is 4. The van der Waals surface area contributed by atoms with Crippen LogP contribution in [0, 0.1) is 0 Å². The summed E-state index contributed by atoms with van der Waals surface area (Å²) in [5, 5.41) is 1.01. The Morgan fingerprint density at radius 1 is 0.348 bits per heavy atom. The Morgan fingerprint density at radius 2 is 0.606 bits per heavy atom. The van der Waals surface area contributed by atoms with Crippen LogP contribution in [-0.2, 0) is 40.5 Å². The summed E-state index contributed by atoms with van der Waals surface area (Å²) in [5.74, 6) is 0. The van der Waals surface area contributed by atoms with E-state index in [0.29, 0.717) is 88.9 Å². The van der Waals surface area contributed by atoms with Gasteiger partial charge in [-0.15, -0.1) is 0 Å². The number of aromatic nitrogens is 2. The summed E-state index contributed by atoms with van der Waals surface area (Å²) in [5.41, 5.74) is 7.67. The van der Waals surface area contributed by atoms with Crippen LogP contribution in [0.5, 0.6) is 0 Å². The molecule has 6 N–H and O–H groups in total. The smallest absolute Gasteiger partial charge is 0.294 e. The van der Waals surface area contributed by atoms with E-state index in [1.54, 1.807) is 72.8 Å². The standard InChI is InChI=1S/C48H40N2O12S4/c1-29-5-6-30(2)46(34-11-19-38(20-12-34)64(54,55)56)43-27-28-44(50-43)48(36-15-23-40(24-16-36)66(60,61)62)32(4)8-7-31(3)47(35-13-21-39(22-14-35)65(57,58)59)42-26-25-41(49-42)45(29)33-9-17-37(18-10-33)63(51,52)53/h5-28,49-50H,1,3H2,2,4H3,(H,51,52,53)(H,54,55,56)(H,57,58,59)(H,60,61,62)/b6-5-,8-7-,45-41+,46-30+,47-42+,48-32+. The molecule has 0 amide bonds. The molecule has 0 radical (unpaired) electrons. The van der Waals surface area contributed by atoms with Gasteiger partial charge in [0.05, 0.1) is 19.6 Å². The first-order valence-corrected chi connectivity index (χ1v) is 25.3. The molecule has 1 aliphatic rings. The van der Waals surface area contributed by atoms with Crippen LogP contribution in [0.25, 0.3) is 22.3 Å². The van der Waals surface area contributed by atoms with Crippen LogP contribution in [0.1, 0.15) is 47.5 Å². The zero-order chi connectivity index (χ0) is 47.9. The molecule has 0 aliphatic carbocycles. The number of benzene rings is 4. The molecule has 14 nitrogen and oxygen atoms in total. The van der Waals surface area contributed by atoms with Gasteiger partial charge in [-0.25, -0.2) is 0 Å². The first kappa shape index (κ1) is 47.2. The van der Waals surface area contributed by atoms with Crippen LogP contribution in [0.15, 0.2) is 201 Å². The molecule has 0 fully saturated rings. The van der Waals surface area contributed by atoms with Crippen LogP contribution < -0.4 is 10.7 Å². The zero-order valence-electron chi connectivity index (χ0n) is 35.0. The molecule has 0 atom stereocenters. The quantitative estimate of drug-likeness (QED) is 0.0822. The van der Waals surface area contributed by atoms with Crippen molar-refractivity contribution < 1.29 is 51.9 Å². The maximum Gasteiger partial charge on any atom is 0.294 e. The van der Waals surface area contributed by atoms with E-state index in [0.717, 1.165) is 0 Å². The summed E-state index contributed by atoms with van der Waals surface area (Å²) in [6, 6.07) is 29.4. The second-order valence-corrected chi connectivity index (χ2v) is 20.8. The highest BCUT2D eigenvalue weighted by atomic mass is 32.2. The molecule has 2 aromatic heterocycles. The van der Waals surface area contributed by atoms with Gasteiger partial charge >= 0.3 is 0 Å². The molecular weight excluding hydrogens is 925 g/mol. The lowest BCUT2D eigenvalue weighted by Crippen LogP contribution is -2.17. The first-order chi connectivity index (χ1) is 30.9. The zero-order valence-corrected chi connectivity index (χ0v) is 38.2. The average molecular weight is 965 g/mol. The highest BCUT2D eigenvalue weighted by Gasteiger charge is 2.20. The SMILES string of the molecule is C=C1/C=C\C(C)=C(/c2ccc(S(=O)(=O)O)cc2)c2ccc([nH]2)/C(c2ccc(S(=O)(=O)O)cc2)=C(C)/C=C\C(=C)/C(c2ccc(S(=O)(=O)O)cc2)=c2/cc/c([nH]2)=C/1c1ccc(S(=O)(=O)O)cc1. The summed E-state index contributed by atoms with van der Waals surface area (Å²) < 4.78 is 135. The van der Waals surface area contributed by atoms with E-state index < -0.39 is 40.5 Å². The minimum Gasteiger partial charge on any atom is -0.354 e. The lowest BCUT2D eigenvalue weighted by atomic mass is 9.95. The Balaban J connectivity index is 1.56. The fourth-order valence-electron chi connectivity index (χ4n) is 7.55. The van der Waals surface area contributed by atoms with Gasteiger partial charge in [0.25, 0.3) is 40.5 Å². The van der Waals surface area contributed by atoms with E-state index in [-0.39, 0.29) is 19.6 Å². The van der Waals surface area contributed by atoms with Crippen LogP contribution in [0.3, 0.4) is 0 Å². The summed E-state index contributed by atoms with van der Waals surface area (Å²) >= 11 is 0. The Morgan fingerprint density at radius 3 is 0.864 bits per heavy atom. The number of hydrogen-bond acceptors (Lipinski definition) is 8. The summed E-state index contributed by atoms with van der Waals surface area (Å²) in [6.45, 7) is 12.4. The highest BCUT2D eigenvalue weighted by molar-refractivity contribution is 7.86. The molecule has 7 rings (SSSR count). The summed E-state index contributed by atoms with van der Waals surface area (Å²) in [4.78, 5) is 5.61. The molecule has 6 aromatic rings.